The van der Waals surface area contributed by atoms with E-state index in [1.54, 1.807) is 7.11 Å². The second-order valence-electron chi connectivity index (χ2n) is 4.90. The third-order valence-corrected chi connectivity index (χ3v) is 3.33. The molecule has 1 fully saturated rings. The molecule has 0 amide bonds. The molecule has 0 aromatic carbocycles. The quantitative estimate of drug-likeness (QED) is 0.729. The van der Waals surface area contributed by atoms with Crippen LogP contribution >= 0.6 is 0 Å². The second kappa shape index (κ2) is 6.98. The fraction of sp³-hybridized carbons (Fsp3) is 0.846. The summed E-state index contributed by atoms with van der Waals surface area (Å²) in [5.41, 5.74) is 0. The van der Waals surface area contributed by atoms with Gasteiger partial charge in [-0.15, -0.1) is 0 Å². The van der Waals surface area contributed by atoms with Crippen molar-refractivity contribution in [2.45, 2.75) is 38.3 Å². The summed E-state index contributed by atoms with van der Waals surface area (Å²) in [6.07, 6.45) is 3.05. The fourth-order valence-electron chi connectivity index (χ4n) is 2.12. The first kappa shape index (κ1) is 14.4. The highest BCUT2D eigenvalue weighted by atomic mass is 16.5. The molecule has 1 aromatic heterocycles. The molecular weight excluding hydrogens is 246 g/mol. The molecule has 0 aliphatic heterocycles. The van der Waals surface area contributed by atoms with E-state index >= 15 is 0 Å². The molecule has 1 aliphatic rings. The van der Waals surface area contributed by atoms with E-state index in [1.807, 2.05) is 14.0 Å². The predicted octanol–water partition coefficient (Wildman–Crippen LogP) is 1.33. The molecule has 108 valence electrons. The zero-order chi connectivity index (χ0) is 13.7. The van der Waals surface area contributed by atoms with Gasteiger partial charge in [0, 0.05) is 26.2 Å². The predicted molar refractivity (Wildman–Crippen MR) is 69.8 cm³/mol. The number of hydrogen-bond acceptors (Lipinski definition) is 6. The Morgan fingerprint density at radius 2 is 2.26 bits per heavy atom. The zero-order valence-electron chi connectivity index (χ0n) is 11.9. The smallest absolute Gasteiger partial charge is 0.228 e. The maximum Gasteiger partial charge on any atom is 0.228 e. The number of hydrogen-bond donors (Lipinski definition) is 1. The Morgan fingerprint density at radius 1 is 1.47 bits per heavy atom. The third-order valence-electron chi connectivity index (χ3n) is 3.33. The van der Waals surface area contributed by atoms with E-state index in [2.05, 4.69) is 15.5 Å². The Hall–Kier alpha value is -0.980. The zero-order valence-corrected chi connectivity index (χ0v) is 11.9. The molecule has 0 spiro atoms. The van der Waals surface area contributed by atoms with Crippen molar-refractivity contribution >= 4 is 0 Å². The molecule has 1 aromatic rings. The highest BCUT2D eigenvalue weighted by Gasteiger charge is 2.36. The summed E-state index contributed by atoms with van der Waals surface area (Å²) in [6, 6.07) is 0.185. The molecule has 2 atom stereocenters. The van der Waals surface area contributed by atoms with Crippen LogP contribution in [0.3, 0.4) is 0 Å². The number of nitrogens with zero attached hydrogens (tertiary/aromatic N) is 2. The summed E-state index contributed by atoms with van der Waals surface area (Å²) in [4.78, 5) is 4.46. The van der Waals surface area contributed by atoms with Crippen LogP contribution in [0.1, 0.15) is 37.6 Å². The van der Waals surface area contributed by atoms with Crippen molar-refractivity contribution in [3.8, 4) is 0 Å². The van der Waals surface area contributed by atoms with Crippen molar-refractivity contribution in [3.63, 3.8) is 0 Å². The van der Waals surface area contributed by atoms with E-state index in [0.717, 1.165) is 0 Å². The second-order valence-corrected chi connectivity index (χ2v) is 4.90. The lowest BCUT2D eigenvalue weighted by Crippen LogP contribution is -2.32. The molecule has 1 heterocycles. The first-order valence-corrected chi connectivity index (χ1v) is 6.88. The standard InChI is InChI=1S/C13H23N3O3/c1-4-18-12(9-5-6-9)13-15-11(19-16-13)7-10(14-2)8-17-3/h9-10,12,14H,4-8H2,1-3H3. The molecule has 0 radical (unpaired) electrons. The van der Waals surface area contributed by atoms with Crippen molar-refractivity contribution < 1.29 is 14.0 Å². The maximum atomic E-state index is 5.72. The molecular formula is C13H23N3O3. The maximum absolute atomic E-state index is 5.72. The van der Waals surface area contributed by atoms with Crippen LogP contribution in [-0.2, 0) is 15.9 Å². The Kier molecular flexibility index (Phi) is 5.30. The molecule has 1 N–H and O–H groups in total. The number of rotatable bonds is 9. The highest BCUT2D eigenvalue weighted by Crippen LogP contribution is 2.42. The topological polar surface area (TPSA) is 69.4 Å². The van der Waals surface area contributed by atoms with Gasteiger partial charge in [0.1, 0.15) is 6.10 Å². The minimum Gasteiger partial charge on any atom is -0.383 e. The molecule has 0 saturated heterocycles. The van der Waals surface area contributed by atoms with Crippen LogP contribution in [0, 0.1) is 5.92 Å². The van der Waals surface area contributed by atoms with Crippen molar-refractivity contribution in [2.24, 2.45) is 5.92 Å². The minimum atomic E-state index is -0.00189. The summed E-state index contributed by atoms with van der Waals surface area (Å²) in [7, 11) is 3.58. The molecule has 0 bridgehead atoms. The summed E-state index contributed by atoms with van der Waals surface area (Å²) in [5.74, 6) is 1.88. The van der Waals surface area contributed by atoms with Gasteiger partial charge in [-0.3, -0.25) is 0 Å². The number of likely N-dealkylation sites (N-methyl/N-ethyl adjacent to an activating group) is 1. The summed E-state index contributed by atoms with van der Waals surface area (Å²) in [5, 5.41) is 7.23. The molecule has 6 nitrogen and oxygen atoms in total. The third kappa shape index (κ3) is 3.99. The highest BCUT2D eigenvalue weighted by molar-refractivity contribution is 4.99. The van der Waals surface area contributed by atoms with Gasteiger partial charge in [0.15, 0.2) is 0 Å². The lowest BCUT2D eigenvalue weighted by molar-refractivity contribution is 0.0384. The first-order valence-electron chi connectivity index (χ1n) is 6.88. The number of methoxy groups -OCH3 is 1. The van der Waals surface area contributed by atoms with E-state index in [-0.39, 0.29) is 12.1 Å². The number of ether oxygens (including phenoxy) is 2. The van der Waals surface area contributed by atoms with Crippen molar-refractivity contribution in [1.82, 2.24) is 15.5 Å². The SMILES string of the molecule is CCOC(c1noc(CC(COC)NC)n1)C1CC1. The summed E-state index contributed by atoms with van der Waals surface area (Å²) < 4.78 is 16.2. The van der Waals surface area contributed by atoms with E-state index in [4.69, 9.17) is 14.0 Å². The van der Waals surface area contributed by atoms with Crippen molar-refractivity contribution in [1.29, 1.82) is 0 Å². The molecule has 19 heavy (non-hydrogen) atoms. The van der Waals surface area contributed by atoms with Crippen LogP contribution in [0.25, 0.3) is 0 Å². The van der Waals surface area contributed by atoms with E-state index in [0.29, 0.717) is 37.3 Å². The lowest BCUT2D eigenvalue weighted by Gasteiger charge is -2.12. The van der Waals surface area contributed by atoms with Gasteiger partial charge in [-0.1, -0.05) is 5.16 Å². The normalized spacial score (nSPS) is 18.5. The van der Waals surface area contributed by atoms with Gasteiger partial charge < -0.3 is 19.3 Å². The molecule has 1 aliphatic carbocycles. The van der Waals surface area contributed by atoms with Gasteiger partial charge in [-0.2, -0.15) is 4.98 Å². The number of nitrogens with one attached hydrogen (secondary N) is 1. The van der Waals surface area contributed by atoms with Crippen LogP contribution in [-0.4, -0.2) is 43.6 Å². The average molecular weight is 269 g/mol. The van der Waals surface area contributed by atoms with Gasteiger partial charge in [-0.05, 0) is 32.7 Å². The van der Waals surface area contributed by atoms with Crippen LogP contribution in [0.4, 0.5) is 0 Å². The van der Waals surface area contributed by atoms with Gasteiger partial charge in [0.2, 0.25) is 11.7 Å². The largest absolute Gasteiger partial charge is 0.383 e. The minimum absolute atomic E-state index is 0.00189. The fourth-order valence-corrected chi connectivity index (χ4v) is 2.12. The van der Waals surface area contributed by atoms with Gasteiger partial charge >= 0.3 is 0 Å². The van der Waals surface area contributed by atoms with E-state index in [1.165, 1.54) is 12.8 Å². The van der Waals surface area contributed by atoms with Crippen LogP contribution < -0.4 is 5.32 Å². The number of aromatic nitrogens is 2. The first-order chi connectivity index (χ1) is 9.28. The van der Waals surface area contributed by atoms with Gasteiger partial charge in [0.25, 0.3) is 0 Å². The van der Waals surface area contributed by atoms with Crippen molar-refractivity contribution in [2.75, 3.05) is 27.4 Å². The van der Waals surface area contributed by atoms with Crippen LogP contribution in [0.15, 0.2) is 4.52 Å². The molecule has 2 unspecified atom stereocenters. The molecule has 1 saturated carbocycles. The van der Waals surface area contributed by atoms with Crippen molar-refractivity contribution in [3.05, 3.63) is 11.7 Å². The average Bonchev–Trinajstić information content (AvgIpc) is 3.15. The lowest BCUT2D eigenvalue weighted by atomic mass is 10.2. The Labute approximate surface area is 113 Å². The summed E-state index contributed by atoms with van der Waals surface area (Å²) >= 11 is 0. The van der Waals surface area contributed by atoms with Gasteiger partial charge in [0.05, 0.1) is 6.61 Å². The summed E-state index contributed by atoms with van der Waals surface area (Å²) in [6.45, 7) is 3.28. The Bertz CT molecular complexity index is 379. The molecule has 2 rings (SSSR count). The van der Waals surface area contributed by atoms with E-state index < -0.39 is 0 Å². The Balaban J connectivity index is 1.96. The van der Waals surface area contributed by atoms with E-state index in [9.17, 15) is 0 Å². The van der Waals surface area contributed by atoms with Crippen LogP contribution in [0.2, 0.25) is 0 Å². The Morgan fingerprint density at radius 3 is 2.84 bits per heavy atom. The monoisotopic (exact) mass is 269 g/mol. The van der Waals surface area contributed by atoms with Gasteiger partial charge in [-0.25, -0.2) is 0 Å². The molecule has 6 heteroatoms. The van der Waals surface area contributed by atoms with Crippen LogP contribution in [0.5, 0.6) is 0 Å².